The molecule has 1 N–H and O–H groups in total. The van der Waals surface area contributed by atoms with E-state index in [1.165, 1.54) is 12.0 Å². The number of alkyl carbamates (subject to hydrolysis) is 1. The summed E-state index contributed by atoms with van der Waals surface area (Å²) in [4.78, 5) is 11.9. The molecule has 82 valence electrons. The molecule has 0 spiro atoms. The van der Waals surface area contributed by atoms with Gasteiger partial charge >= 0.3 is 6.09 Å². The molecular formula is C10H13NO2S2. The molecule has 3 nitrogen and oxygen atoms in total. The topological polar surface area (TPSA) is 38.3 Å². The van der Waals surface area contributed by atoms with Gasteiger partial charge in [0.05, 0.1) is 7.11 Å². The highest BCUT2D eigenvalue weighted by Crippen LogP contribution is 2.29. The molecule has 0 aliphatic carbocycles. The minimum Gasteiger partial charge on any atom is -0.453 e. The lowest BCUT2D eigenvalue weighted by Gasteiger charge is -2.02. The molecular weight excluding hydrogens is 230 g/mol. The molecule has 15 heavy (non-hydrogen) atoms. The van der Waals surface area contributed by atoms with Gasteiger partial charge in [0.2, 0.25) is 0 Å². The van der Waals surface area contributed by atoms with Crippen LogP contribution in [0.3, 0.4) is 0 Å². The van der Waals surface area contributed by atoms with Crippen molar-refractivity contribution in [2.75, 3.05) is 19.4 Å². The van der Waals surface area contributed by atoms with E-state index < -0.39 is 0 Å². The maximum Gasteiger partial charge on any atom is 0.406 e. The van der Waals surface area contributed by atoms with E-state index >= 15 is 0 Å². The summed E-state index contributed by atoms with van der Waals surface area (Å²) >= 11 is 0. The molecule has 0 bridgehead atoms. The van der Waals surface area contributed by atoms with Gasteiger partial charge in [-0.05, 0) is 12.1 Å². The minimum absolute atomic E-state index is 0.375. The monoisotopic (exact) mass is 243 g/mol. The second kappa shape index (κ2) is 7.48. The number of methoxy groups -OCH3 is 1. The van der Waals surface area contributed by atoms with Crippen molar-refractivity contribution in [3.63, 3.8) is 0 Å². The maximum atomic E-state index is 10.7. The molecule has 0 fully saturated rings. The predicted molar refractivity (Wildman–Crippen MR) is 65.2 cm³/mol. The Balaban J connectivity index is 2.05. The highest BCUT2D eigenvalue weighted by atomic mass is 33.1. The highest BCUT2D eigenvalue weighted by molar-refractivity contribution is 8.76. The first-order valence-corrected chi connectivity index (χ1v) is 6.81. The number of benzene rings is 1. The van der Waals surface area contributed by atoms with Crippen LogP contribution in [0, 0.1) is 0 Å². The smallest absolute Gasteiger partial charge is 0.406 e. The molecule has 0 saturated heterocycles. The number of hydrogen-bond acceptors (Lipinski definition) is 4. The summed E-state index contributed by atoms with van der Waals surface area (Å²) in [5.41, 5.74) is 0. The van der Waals surface area contributed by atoms with Crippen LogP contribution in [0.5, 0.6) is 0 Å². The van der Waals surface area contributed by atoms with Gasteiger partial charge in [0.25, 0.3) is 0 Å². The zero-order chi connectivity index (χ0) is 10.9. The number of rotatable bonds is 5. The van der Waals surface area contributed by atoms with Crippen LogP contribution < -0.4 is 5.32 Å². The third-order valence-electron chi connectivity index (χ3n) is 1.54. The Labute approximate surface area is 97.4 Å². The van der Waals surface area contributed by atoms with Crippen molar-refractivity contribution in [2.24, 2.45) is 0 Å². The maximum absolute atomic E-state index is 10.7. The number of carbonyl (C=O) groups is 1. The summed E-state index contributed by atoms with van der Waals surface area (Å²) in [7, 11) is 4.77. The molecule has 1 aromatic rings. The van der Waals surface area contributed by atoms with Gasteiger partial charge < -0.3 is 10.1 Å². The average Bonchev–Trinajstić information content (AvgIpc) is 2.29. The standard InChI is InChI=1S/C10H13NO2S2/c1-13-10(12)11-7-8-14-15-9-5-3-2-4-6-9/h2-6H,7-8H2,1H3,(H,11,12). The van der Waals surface area contributed by atoms with E-state index in [2.05, 4.69) is 22.2 Å². The summed E-state index contributed by atoms with van der Waals surface area (Å²) in [5, 5.41) is 2.62. The Bertz CT molecular complexity index is 293. The number of hydrogen-bond donors (Lipinski definition) is 1. The van der Waals surface area contributed by atoms with E-state index in [0.29, 0.717) is 6.54 Å². The van der Waals surface area contributed by atoms with Crippen molar-refractivity contribution >= 4 is 27.7 Å². The molecule has 0 atom stereocenters. The van der Waals surface area contributed by atoms with E-state index in [9.17, 15) is 4.79 Å². The van der Waals surface area contributed by atoms with Crippen LogP contribution in [-0.4, -0.2) is 25.5 Å². The Morgan fingerprint density at radius 1 is 1.40 bits per heavy atom. The van der Waals surface area contributed by atoms with Gasteiger partial charge in [-0.25, -0.2) is 4.79 Å². The first kappa shape index (κ1) is 12.3. The van der Waals surface area contributed by atoms with Crippen LogP contribution >= 0.6 is 21.6 Å². The van der Waals surface area contributed by atoms with Crippen molar-refractivity contribution in [3.8, 4) is 0 Å². The SMILES string of the molecule is COC(=O)NCCSSc1ccccc1. The first-order valence-electron chi connectivity index (χ1n) is 4.49. The molecule has 1 rings (SSSR count). The van der Waals surface area contributed by atoms with E-state index in [-0.39, 0.29) is 6.09 Å². The molecule has 1 amide bonds. The largest absolute Gasteiger partial charge is 0.453 e. The summed E-state index contributed by atoms with van der Waals surface area (Å²) in [6, 6.07) is 10.1. The van der Waals surface area contributed by atoms with Gasteiger partial charge in [0, 0.05) is 17.2 Å². The van der Waals surface area contributed by atoms with Gasteiger partial charge in [-0.2, -0.15) is 0 Å². The third-order valence-corrected chi connectivity index (χ3v) is 3.92. The zero-order valence-electron chi connectivity index (χ0n) is 8.43. The predicted octanol–water partition coefficient (Wildman–Crippen LogP) is 2.78. The molecule has 0 aliphatic rings. The molecule has 0 unspecified atom stereocenters. The highest BCUT2D eigenvalue weighted by Gasteiger charge is 1.97. The fraction of sp³-hybridized carbons (Fsp3) is 0.300. The summed E-state index contributed by atoms with van der Waals surface area (Å²) in [5.74, 6) is 0.856. The number of amides is 1. The van der Waals surface area contributed by atoms with Crippen molar-refractivity contribution in [2.45, 2.75) is 4.90 Å². The third kappa shape index (κ3) is 5.59. The van der Waals surface area contributed by atoms with Crippen LogP contribution in [0.4, 0.5) is 4.79 Å². The van der Waals surface area contributed by atoms with Crippen LogP contribution in [-0.2, 0) is 4.74 Å². The van der Waals surface area contributed by atoms with Gasteiger partial charge in [-0.1, -0.05) is 39.8 Å². The van der Waals surface area contributed by atoms with Crippen LogP contribution in [0.1, 0.15) is 0 Å². The average molecular weight is 243 g/mol. The minimum atomic E-state index is -0.375. The van der Waals surface area contributed by atoms with Crippen molar-refractivity contribution in [3.05, 3.63) is 30.3 Å². The molecule has 1 aromatic carbocycles. The van der Waals surface area contributed by atoms with E-state index in [1.54, 1.807) is 21.6 Å². The lowest BCUT2D eigenvalue weighted by molar-refractivity contribution is 0.172. The first-order chi connectivity index (χ1) is 7.33. The van der Waals surface area contributed by atoms with Gasteiger partial charge in [-0.3, -0.25) is 0 Å². The zero-order valence-corrected chi connectivity index (χ0v) is 10.1. The van der Waals surface area contributed by atoms with E-state index in [0.717, 1.165) is 5.75 Å². The van der Waals surface area contributed by atoms with Crippen LogP contribution in [0.2, 0.25) is 0 Å². The van der Waals surface area contributed by atoms with E-state index in [1.807, 2.05) is 18.2 Å². The fourth-order valence-electron chi connectivity index (χ4n) is 0.853. The Hall–Kier alpha value is -0.810. The summed E-state index contributed by atoms with van der Waals surface area (Å²) in [6.45, 7) is 0.622. The molecule has 0 saturated carbocycles. The lowest BCUT2D eigenvalue weighted by Crippen LogP contribution is -2.25. The number of nitrogens with one attached hydrogen (secondary N) is 1. The molecule has 5 heteroatoms. The molecule has 0 aromatic heterocycles. The lowest BCUT2D eigenvalue weighted by atomic mass is 10.4. The normalized spacial score (nSPS) is 9.67. The molecule has 0 heterocycles. The number of carbonyl (C=O) groups excluding carboxylic acids is 1. The summed E-state index contributed by atoms with van der Waals surface area (Å²) < 4.78 is 4.45. The van der Waals surface area contributed by atoms with Crippen molar-refractivity contribution in [1.82, 2.24) is 5.32 Å². The Morgan fingerprint density at radius 3 is 2.80 bits per heavy atom. The van der Waals surface area contributed by atoms with Crippen LogP contribution in [0.15, 0.2) is 35.2 Å². The number of ether oxygens (including phenoxy) is 1. The van der Waals surface area contributed by atoms with Gasteiger partial charge in [0.15, 0.2) is 0 Å². The quantitative estimate of drug-likeness (QED) is 0.637. The Morgan fingerprint density at radius 2 is 2.13 bits per heavy atom. The summed E-state index contributed by atoms with van der Waals surface area (Å²) in [6.07, 6.45) is -0.375. The second-order valence-corrected chi connectivity index (χ2v) is 5.13. The molecule has 0 radical (unpaired) electrons. The Kier molecular flexibility index (Phi) is 6.11. The molecule has 0 aliphatic heterocycles. The second-order valence-electron chi connectivity index (χ2n) is 2.64. The van der Waals surface area contributed by atoms with Gasteiger partial charge in [0.1, 0.15) is 0 Å². The van der Waals surface area contributed by atoms with Gasteiger partial charge in [-0.15, -0.1) is 0 Å². The van der Waals surface area contributed by atoms with E-state index in [4.69, 9.17) is 0 Å². The van der Waals surface area contributed by atoms with Crippen molar-refractivity contribution < 1.29 is 9.53 Å². The fourth-order valence-corrected chi connectivity index (χ4v) is 2.77. The van der Waals surface area contributed by atoms with Crippen LogP contribution in [0.25, 0.3) is 0 Å². The van der Waals surface area contributed by atoms with Crippen molar-refractivity contribution in [1.29, 1.82) is 0 Å².